The van der Waals surface area contributed by atoms with Gasteiger partial charge in [0.2, 0.25) is 0 Å². The van der Waals surface area contributed by atoms with Crippen molar-refractivity contribution < 1.29 is 18.7 Å². The van der Waals surface area contributed by atoms with Gasteiger partial charge in [-0.05, 0) is 32.0 Å². The Kier molecular flexibility index (Phi) is 5.55. The van der Waals surface area contributed by atoms with Crippen LogP contribution in [0.5, 0.6) is 5.75 Å². The highest BCUT2D eigenvalue weighted by atomic mass is 19.1. The standard InChI is InChI=1S/C16H17FN4O5/c1-7(6-26-11-4-3-9(17)5-10(11)8(2)22)19-15(24)13-12(18)14(23)21-16(25)20-13/h3-5,7H,6,18H2,1-2H3,(H,19,24)(H2,20,21,23,25). The van der Waals surface area contributed by atoms with E-state index in [0.717, 1.165) is 12.1 Å². The fourth-order valence-electron chi connectivity index (χ4n) is 2.13. The lowest BCUT2D eigenvalue weighted by molar-refractivity contribution is 0.0918. The number of Topliss-reactive ketones (excluding diaryl/α,β-unsaturated/α-hetero) is 1. The van der Waals surface area contributed by atoms with Crippen LogP contribution in [-0.4, -0.2) is 34.3 Å². The van der Waals surface area contributed by atoms with Crippen LogP contribution in [-0.2, 0) is 0 Å². The molecule has 0 bridgehead atoms. The monoisotopic (exact) mass is 364 g/mol. The summed E-state index contributed by atoms with van der Waals surface area (Å²) in [6.07, 6.45) is 0. The number of aromatic nitrogens is 2. The third kappa shape index (κ3) is 4.35. The van der Waals surface area contributed by atoms with Crippen molar-refractivity contribution in [3.05, 3.63) is 56.1 Å². The lowest BCUT2D eigenvalue weighted by Gasteiger charge is -2.16. The van der Waals surface area contributed by atoms with E-state index in [9.17, 15) is 23.6 Å². The molecule has 0 saturated carbocycles. The Morgan fingerprint density at radius 2 is 2.00 bits per heavy atom. The summed E-state index contributed by atoms with van der Waals surface area (Å²) in [7, 11) is 0. The zero-order valence-electron chi connectivity index (χ0n) is 14.0. The van der Waals surface area contributed by atoms with Crippen LogP contribution in [0.1, 0.15) is 34.7 Å². The highest BCUT2D eigenvalue weighted by Gasteiger charge is 2.17. The Balaban J connectivity index is 2.07. The molecule has 10 heteroatoms. The van der Waals surface area contributed by atoms with Gasteiger partial charge in [0.25, 0.3) is 11.5 Å². The summed E-state index contributed by atoms with van der Waals surface area (Å²) in [4.78, 5) is 50.4. The molecule has 0 aliphatic rings. The van der Waals surface area contributed by atoms with Crippen LogP contribution < -0.4 is 27.0 Å². The number of benzene rings is 1. The van der Waals surface area contributed by atoms with Gasteiger partial charge in [0.15, 0.2) is 5.78 Å². The third-order valence-corrected chi connectivity index (χ3v) is 3.39. The van der Waals surface area contributed by atoms with Crippen molar-refractivity contribution in [1.82, 2.24) is 15.3 Å². The molecule has 2 aromatic rings. The minimum atomic E-state index is -0.875. The summed E-state index contributed by atoms with van der Waals surface area (Å²) in [5.74, 6) is -1.54. The number of rotatable bonds is 6. The summed E-state index contributed by atoms with van der Waals surface area (Å²) in [6.45, 7) is 2.82. The summed E-state index contributed by atoms with van der Waals surface area (Å²) in [5.41, 5.74) is 3.03. The number of H-pyrrole nitrogens is 2. The number of nitrogens with one attached hydrogen (secondary N) is 3. The van der Waals surface area contributed by atoms with Crippen molar-refractivity contribution in [3.8, 4) is 5.75 Å². The van der Waals surface area contributed by atoms with E-state index >= 15 is 0 Å². The molecule has 0 aliphatic heterocycles. The molecule has 1 unspecified atom stereocenters. The zero-order chi connectivity index (χ0) is 19.4. The predicted molar refractivity (Wildman–Crippen MR) is 90.9 cm³/mol. The number of carbonyl (C=O) groups excluding carboxylic acids is 2. The number of ketones is 1. The van der Waals surface area contributed by atoms with Crippen molar-refractivity contribution in [2.75, 3.05) is 12.3 Å². The lowest BCUT2D eigenvalue weighted by atomic mass is 10.1. The molecule has 2 rings (SSSR count). The van der Waals surface area contributed by atoms with E-state index in [1.807, 2.05) is 4.98 Å². The van der Waals surface area contributed by atoms with Crippen molar-refractivity contribution in [2.24, 2.45) is 0 Å². The van der Waals surface area contributed by atoms with Crippen LogP contribution in [0.4, 0.5) is 10.1 Å². The normalized spacial score (nSPS) is 11.7. The van der Waals surface area contributed by atoms with Crippen LogP contribution in [0.15, 0.2) is 27.8 Å². The van der Waals surface area contributed by atoms with Crippen LogP contribution in [0.3, 0.4) is 0 Å². The van der Waals surface area contributed by atoms with E-state index in [1.54, 1.807) is 6.92 Å². The predicted octanol–water partition coefficient (Wildman–Crippen LogP) is 0.184. The number of aromatic amines is 2. The summed E-state index contributed by atoms with van der Waals surface area (Å²) >= 11 is 0. The Labute approximate surface area is 146 Å². The van der Waals surface area contributed by atoms with E-state index in [-0.39, 0.29) is 29.4 Å². The van der Waals surface area contributed by atoms with Gasteiger partial charge in [-0.1, -0.05) is 0 Å². The molecular weight excluding hydrogens is 347 g/mol. The number of hydrogen-bond donors (Lipinski definition) is 4. The Morgan fingerprint density at radius 1 is 1.31 bits per heavy atom. The second kappa shape index (κ2) is 7.64. The molecular formula is C16H17FN4O5. The van der Waals surface area contributed by atoms with Gasteiger partial charge < -0.3 is 20.8 Å². The molecule has 1 atom stereocenters. The van der Waals surface area contributed by atoms with Crippen LogP contribution in [0, 0.1) is 5.82 Å². The molecule has 0 aliphatic carbocycles. The van der Waals surface area contributed by atoms with E-state index in [1.165, 1.54) is 13.0 Å². The number of amides is 1. The molecule has 1 amide bonds. The van der Waals surface area contributed by atoms with Gasteiger partial charge in [-0.25, -0.2) is 9.18 Å². The minimum absolute atomic E-state index is 0.0506. The molecule has 0 saturated heterocycles. The largest absolute Gasteiger partial charge is 0.491 e. The van der Waals surface area contributed by atoms with Crippen molar-refractivity contribution in [1.29, 1.82) is 0 Å². The van der Waals surface area contributed by atoms with Gasteiger partial charge in [0, 0.05) is 0 Å². The van der Waals surface area contributed by atoms with Gasteiger partial charge in [-0.3, -0.25) is 19.4 Å². The molecule has 1 aromatic heterocycles. The molecule has 1 aromatic carbocycles. The molecule has 9 nitrogen and oxygen atoms in total. The number of nitrogen functional groups attached to an aromatic ring is 1. The minimum Gasteiger partial charge on any atom is -0.491 e. The SMILES string of the molecule is CC(=O)c1cc(F)ccc1OCC(C)NC(=O)c1[nH]c(=O)[nH]c(=O)c1N. The van der Waals surface area contributed by atoms with Crippen LogP contribution in [0.2, 0.25) is 0 Å². The molecule has 5 N–H and O–H groups in total. The fraction of sp³-hybridized carbons (Fsp3) is 0.250. The average Bonchev–Trinajstić information content (AvgIpc) is 2.56. The first-order valence-corrected chi connectivity index (χ1v) is 7.55. The summed E-state index contributed by atoms with van der Waals surface area (Å²) < 4.78 is 18.7. The fourth-order valence-corrected chi connectivity index (χ4v) is 2.13. The number of carbonyl (C=O) groups is 2. The van der Waals surface area contributed by atoms with E-state index in [2.05, 4.69) is 10.3 Å². The topological polar surface area (TPSA) is 147 Å². The summed E-state index contributed by atoms with van der Waals surface area (Å²) in [6, 6.07) is 2.94. The third-order valence-electron chi connectivity index (χ3n) is 3.39. The van der Waals surface area contributed by atoms with Crippen molar-refractivity contribution in [3.63, 3.8) is 0 Å². The lowest BCUT2D eigenvalue weighted by Crippen LogP contribution is -2.40. The Morgan fingerprint density at radius 3 is 2.65 bits per heavy atom. The molecule has 26 heavy (non-hydrogen) atoms. The second-order valence-electron chi connectivity index (χ2n) is 5.58. The number of halogens is 1. The van der Waals surface area contributed by atoms with Gasteiger partial charge >= 0.3 is 5.69 Å². The van der Waals surface area contributed by atoms with E-state index < -0.39 is 34.7 Å². The number of anilines is 1. The van der Waals surface area contributed by atoms with E-state index in [0.29, 0.717) is 0 Å². The van der Waals surface area contributed by atoms with Gasteiger partial charge in [-0.2, -0.15) is 0 Å². The summed E-state index contributed by atoms with van der Waals surface area (Å²) in [5, 5.41) is 2.50. The van der Waals surface area contributed by atoms with Gasteiger partial charge in [0.05, 0.1) is 11.6 Å². The average molecular weight is 364 g/mol. The zero-order valence-corrected chi connectivity index (χ0v) is 14.0. The maximum Gasteiger partial charge on any atom is 0.326 e. The first-order valence-electron chi connectivity index (χ1n) is 7.55. The van der Waals surface area contributed by atoms with Gasteiger partial charge in [0.1, 0.15) is 29.6 Å². The second-order valence-corrected chi connectivity index (χ2v) is 5.58. The van der Waals surface area contributed by atoms with Crippen LogP contribution in [0.25, 0.3) is 0 Å². The Bertz CT molecular complexity index is 966. The van der Waals surface area contributed by atoms with Crippen molar-refractivity contribution in [2.45, 2.75) is 19.9 Å². The van der Waals surface area contributed by atoms with Gasteiger partial charge in [-0.15, -0.1) is 0 Å². The maximum atomic E-state index is 13.2. The Hall–Kier alpha value is -3.43. The van der Waals surface area contributed by atoms with E-state index in [4.69, 9.17) is 10.5 Å². The molecule has 0 spiro atoms. The highest BCUT2D eigenvalue weighted by molar-refractivity contribution is 5.97. The molecule has 1 heterocycles. The number of ether oxygens (including phenoxy) is 1. The molecule has 0 radical (unpaired) electrons. The molecule has 138 valence electrons. The maximum absolute atomic E-state index is 13.2. The molecule has 0 fully saturated rings. The van der Waals surface area contributed by atoms with Crippen molar-refractivity contribution >= 4 is 17.4 Å². The first-order chi connectivity index (χ1) is 12.2. The van der Waals surface area contributed by atoms with Crippen LogP contribution >= 0.6 is 0 Å². The smallest absolute Gasteiger partial charge is 0.326 e. The number of nitrogens with two attached hydrogens (primary N) is 1. The quantitative estimate of drug-likeness (QED) is 0.538. The first kappa shape index (κ1) is 18.9. The number of hydrogen-bond acceptors (Lipinski definition) is 6. The highest BCUT2D eigenvalue weighted by Crippen LogP contribution is 2.20.